The number of amides is 4. The molecule has 19 heavy (non-hydrogen) atoms. The Morgan fingerprint density at radius 2 is 2.00 bits per heavy atom. The van der Waals surface area contributed by atoms with E-state index in [0.29, 0.717) is 6.42 Å². The third-order valence-corrected chi connectivity index (χ3v) is 3.20. The number of carbonyl (C=O) groups excluding carboxylic acids is 3. The van der Waals surface area contributed by atoms with Crippen LogP contribution in [0.25, 0.3) is 0 Å². The van der Waals surface area contributed by atoms with Gasteiger partial charge in [0.25, 0.3) is 0 Å². The monoisotopic (exact) mass is 264 g/mol. The standard InChI is InChI=1S/C12H16N4O3/c1-12(2)9(17)14-11(19)16(10(12)18)5-4-8-6-13-15(3)7-8/h6-7H,4-5H2,1-3H3,(H,14,17,19). The van der Waals surface area contributed by atoms with Crippen LogP contribution in [0.2, 0.25) is 0 Å². The van der Waals surface area contributed by atoms with E-state index in [4.69, 9.17) is 0 Å². The highest BCUT2D eigenvalue weighted by Crippen LogP contribution is 2.23. The first-order valence-electron chi connectivity index (χ1n) is 5.97. The average Bonchev–Trinajstić information content (AvgIpc) is 2.73. The van der Waals surface area contributed by atoms with E-state index >= 15 is 0 Å². The lowest BCUT2D eigenvalue weighted by atomic mass is 9.88. The van der Waals surface area contributed by atoms with Crippen LogP contribution in [-0.4, -0.2) is 39.1 Å². The molecule has 1 aliphatic rings. The Labute approximate surface area is 110 Å². The van der Waals surface area contributed by atoms with Crippen LogP contribution in [-0.2, 0) is 23.1 Å². The molecule has 1 aromatic rings. The van der Waals surface area contributed by atoms with Gasteiger partial charge < -0.3 is 0 Å². The van der Waals surface area contributed by atoms with Crippen molar-refractivity contribution >= 4 is 17.8 Å². The second-order valence-corrected chi connectivity index (χ2v) is 5.11. The number of hydrogen-bond donors (Lipinski definition) is 1. The summed E-state index contributed by atoms with van der Waals surface area (Å²) in [7, 11) is 1.80. The Hall–Kier alpha value is -2.18. The van der Waals surface area contributed by atoms with E-state index in [9.17, 15) is 14.4 Å². The number of carbonyl (C=O) groups is 3. The van der Waals surface area contributed by atoms with Crippen molar-refractivity contribution in [2.45, 2.75) is 20.3 Å². The topological polar surface area (TPSA) is 84.3 Å². The Morgan fingerprint density at radius 1 is 1.32 bits per heavy atom. The summed E-state index contributed by atoms with van der Waals surface area (Å²) < 4.78 is 1.65. The van der Waals surface area contributed by atoms with Crippen LogP contribution in [0, 0.1) is 5.41 Å². The molecule has 0 atom stereocenters. The van der Waals surface area contributed by atoms with Gasteiger partial charge in [-0.2, -0.15) is 5.10 Å². The molecule has 7 nitrogen and oxygen atoms in total. The first-order valence-corrected chi connectivity index (χ1v) is 5.97. The highest BCUT2D eigenvalue weighted by molar-refractivity contribution is 6.18. The lowest BCUT2D eigenvalue weighted by molar-refractivity contribution is -0.148. The Morgan fingerprint density at radius 3 is 2.58 bits per heavy atom. The summed E-state index contributed by atoms with van der Waals surface area (Å²) in [5, 5.41) is 6.22. The zero-order valence-corrected chi connectivity index (χ0v) is 11.1. The fourth-order valence-electron chi connectivity index (χ4n) is 1.89. The van der Waals surface area contributed by atoms with Crippen LogP contribution in [0.1, 0.15) is 19.4 Å². The van der Waals surface area contributed by atoms with Crippen LogP contribution >= 0.6 is 0 Å². The molecule has 0 unspecified atom stereocenters. The number of hydrogen-bond acceptors (Lipinski definition) is 4. The summed E-state index contributed by atoms with van der Waals surface area (Å²) in [6, 6.07) is -0.654. The first-order chi connectivity index (χ1) is 8.82. The zero-order valence-electron chi connectivity index (χ0n) is 11.1. The summed E-state index contributed by atoms with van der Waals surface area (Å²) in [5.41, 5.74) is -0.277. The summed E-state index contributed by atoms with van der Waals surface area (Å²) in [6.07, 6.45) is 4.02. The summed E-state index contributed by atoms with van der Waals surface area (Å²) in [6.45, 7) is 3.25. The highest BCUT2D eigenvalue weighted by Gasteiger charge is 2.46. The Bertz CT molecular complexity index is 547. The van der Waals surface area contributed by atoms with Crippen molar-refractivity contribution in [1.82, 2.24) is 20.0 Å². The minimum atomic E-state index is -1.21. The zero-order chi connectivity index (χ0) is 14.2. The molecule has 102 valence electrons. The summed E-state index contributed by atoms with van der Waals surface area (Å²) >= 11 is 0. The predicted molar refractivity (Wildman–Crippen MR) is 65.9 cm³/mol. The second kappa shape index (κ2) is 4.49. The van der Waals surface area contributed by atoms with E-state index in [0.717, 1.165) is 10.5 Å². The second-order valence-electron chi connectivity index (χ2n) is 5.11. The van der Waals surface area contributed by atoms with Gasteiger partial charge in [-0.05, 0) is 25.8 Å². The van der Waals surface area contributed by atoms with Crippen LogP contribution in [0.4, 0.5) is 4.79 Å². The summed E-state index contributed by atoms with van der Waals surface area (Å²) in [4.78, 5) is 36.4. The molecule has 4 amide bonds. The minimum absolute atomic E-state index is 0.229. The van der Waals surface area contributed by atoms with Crippen LogP contribution in [0.3, 0.4) is 0 Å². The van der Waals surface area contributed by atoms with Gasteiger partial charge >= 0.3 is 6.03 Å². The summed E-state index contributed by atoms with van der Waals surface area (Å²) in [5.74, 6) is -1.02. The highest BCUT2D eigenvalue weighted by atomic mass is 16.2. The predicted octanol–water partition coefficient (Wildman–Crippen LogP) is 0.0672. The number of nitrogens with zero attached hydrogens (tertiary/aromatic N) is 3. The first kappa shape index (κ1) is 13.3. The van der Waals surface area contributed by atoms with Crippen molar-refractivity contribution in [3.63, 3.8) is 0 Å². The smallest absolute Gasteiger partial charge is 0.277 e. The third-order valence-electron chi connectivity index (χ3n) is 3.20. The normalized spacial score (nSPS) is 18.7. The van der Waals surface area contributed by atoms with Gasteiger partial charge in [0.1, 0.15) is 5.41 Å². The molecule has 0 aromatic carbocycles. The Kier molecular flexibility index (Phi) is 3.13. The molecule has 0 aliphatic carbocycles. The number of imide groups is 2. The lowest BCUT2D eigenvalue weighted by Crippen LogP contribution is -2.62. The minimum Gasteiger partial charge on any atom is -0.277 e. The van der Waals surface area contributed by atoms with Gasteiger partial charge in [-0.25, -0.2) is 4.79 Å². The van der Waals surface area contributed by atoms with Gasteiger partial charge in [-0.15, -0.1) is 0 Å². The van der Waals surface area contributed by atoms with E-state index in [2.05, 4.69) is 10.4 Å². The van der Waals surface area contributed by atoms with E-state index in [-0.39, 0.29) is 6.54 Å². The molecule has 1 aromatic heterocycles. The molecule has 1 N–H and O–H groups in total. The molecule has 0 spiro atoms. The van der Waals surface area contributed by atoms with Crippen LogP contribution in [0.15, 0.2) is 12.4 Å². The maximum atomic E-state index is 12.1. The quantitative estimate of drug-likeness (QED) is 0.783. The lowest BCUT2D eigenvalue weighted by Gasteiger charge is -2.34. The van der Waals surface area contributed by atoms with Gasteiger partial charge in [0, 0.05) is 19.8 Å². The van der Waals surface area contributed by atoms with Gasteiger partial charge in [0.2, 0.25) is 11.8 Å². The number of nitrogens with one attached hydrogen (secondary N) is 1. The van der Waals surface area contributed by atoms with Crippen molar-refractivity contribution in [2.24, 2.45) is 12.5 Å². The van der Waals surface area contributed by atoms with Gasteiger partial charge in [0.15, 0.2) is 0 Å². The maximum Gasteiger partial charge on any atom is 0.330 e. The molecule has 0 saturated carbocycles. The number of rotatable bonds is 3. The number of urea groups is 1. The molecule has 2 rings (SSSR count). The van der Waals surface area contributed by atoms with Crippen LogP contribution < -0.4 is 5.32 Å². The van der Waals surface area contributed by atoms with Crippen LogP contribution in [0.5, 0.6) is 0 Å². The molecule has 0 bridgehead atoms. The van der Waals surface area contributed by atoms with Gasteiger partial charge in [-0.3, -0.25) is 24.5 Å². The maximum absolute atomic E-state index is 12.1. The van der Waals surface area contributed by atoms with E-state index in [1.165, 1.54) is 13.8 Å². The largest absolute Gasteiger partial charge is 0.330 e. The number of aromatic nitrogens is 2. The molecule has 1 fully saturated rings. The number of barbiturate groups is 1. The van der Waals surface area contributed by atoms with Crippen molar-refractivity contribution in [2.75, 3.05) is 6.54 Å². The van der Waals surface area contributed by atoms with Gasteiger partial charge in [0.05, 0.1) is 6.20 Å². The molecular formula is C12H16N4O3. The molecule has 7 heteroatoms. The Balaban J connectivity index is 2.09. The van der Waals surface area contributed by atoms with Crippen molar-refractivity contribution in [3.8, 4) is 0 Å². The molecule has 1 aliphatic heterocycles. The molecular weight excluding hydrogens is 248 g/mol. The average molecular weight is 264 g/mol. The van der Waals surface area contributed by atoms with E-state index in [1.807, 2.05) is 6.20 Å². The third kappa shape index (κ3) is 2.35. The SMILES string of the molecule is Cn1cc(CCN2C(=O)NC(=O)C(C)(C)C2=O)cn1. The fourth-order valence-corrected chi connectivity index (χ4v) is 1.89. The van der Waals surface area contributed by atoms with Crippen molar-refractivity contribution in [3.05, 3.63) is 18.0 Å². The molecule has 1 saturated heterocycles. The van der Waals surface area contributed by atoms with E-state index < -0.39 is 23.3 Å². The molecule has 2 heterocycles. The van der Waals surface area contributed by atoms with Crippen molar-refractivity contribution < 1.29 is 14.4 Å². The number of aryl methyl sites for hydroxylation is 1. The fraction of sp³-hybridized carbons (Fsp3) is 0.500. The van der Waals surface area contributed by atoms with Gasteiger partial charge in [-0.1, -0.05) is 0 Å². The van der Waals surface area contributed by atoms with E-state index in [1.54, 1.807) is 17.9 Å². The van der Waals surface area contributed by atoms with Crippen molar-refractivity contribution in [1.29, 1.82) is 0 Å². The molecule has 0 radical (unpaired) electrons.